The molecule has 1 unspecified atom stereocenters. The third-order valence-electron chi connectivity index (χ3n) is 4.94. The molecule has 0 aromatic rings. The van der Waals surface area contributed by atoms with Gasteiger partial charge in [-0.1, -0.05) is 0 Å². The number of carboxylic acids is 1. The van der Waals surface area contributed by atoms with Crippen LogP contribution in [0.25, 0.3) is 0 Å². The summed E-state index contributed by atoms with van der Waals surface area (Å²) in [4.78, 5) is 24.4. The molecule has 0 aromatic heterocycles. The zero-order valence-electron chi connectivity index (χ0n) is 13.6. The summed E-state index contributed by atoms with van der Waals surface area (Å²) in [5.74, 6) is -1.25. The summed E-state index contributed by atoms with van der Waals surface area (Å²) in [6.07, 6.45) is 4.07. The third kappa shape index (κ3) is 4.67. The lowest BCUT2D eigenvalue weighted by molar-refractivity contribution is -0.143. The monoisotopic (exact) mass is 346 g/mol. The van der Waals surface area contributed by atoms with Gasteiger partial charge in [0.05, 0.1) is 11.7 Å². The highest BCUT2D eigenvalue weighted by atomic mass is 32.2. The molecule has 0 bridgehead atoms. The van der Waals surface area contributed by atoms with Gasteiger partial charge in [-0.25, -0.2) is 12.7 Å². The number of rotatable bonds is 5. The molecule has 0 saturated carbocycles. The molecule has 2 rings (SSSR count). The van der Waals surface area contributed by atoms with Crippen molar-refractivity contribution in [3.05, 3.63) is 0 Å². The summed E-state index contributed by atoms with van der Waals surface area (Å²) in [7, 11) is -3.38. The molecule has 2 aliphatic heterocycles. The van der Waals surface area contributed by atoms with Crippen LogP contribution in [0.15, 0.2) is 0 Å². The minimum atomic E-state index is -3.38. The van der Waals surface area contributed by atoms with Crippen molar-refractivity contribution in [3.8, 4) is 0 Å². The number of nitrogens with zero attached hydrogens (tertiary/aromatic N) is 2. The lowest BCUT2D eigenvalue weighted by Crippen LogP contribution is -2.45. The summed E-state index contributed by atoms with van der Waals surface area (Å²) < 4.78 is 26.3. The maximum absolute atomic E-state index is 12.5. The van der Waals surface area contributed by atoms with Crippen molar-refractivity contribution in [2.45, 2.75) is 51.5 Å². The van der Waals surface area contributed by atoms with Gasteiger partial charge in [-0.3, -0.25) is 9.59 Å². The molecule has 23 heavy (non-hydrogen) atoms. The van der Waals surface area contributed by atoms with Gasteiger partial charge >= 0.3 is 5.97 Å². The highest BCUT2D eigenvalue weighted by molar-refractivity contribution is 7.89. The molecule has 2 heterocycles. The Morgan fingerprint density at radius 1 is 1.09 bits per heavy atom. The normalized spacial score (nSPS) is 24.6. The first-order valence-electron chi connectivity index (χ1n) is 8.29. The first kappa shape index (κ1) is 18.2. The van der Waals surface area contributed by atoms with Crippen molar-refractivity contribution < 1.29 is 23.1 Å². The number of likely N-dealkylation sites (tertiary alicyclic amines) is 1. The second kappa shape index (κ2) is 7.61. The number of hydrogen-bond acceptors (Lipinski definition) is 4. The Labute approximate surface area is 137 Å². The predicted octanol–water partition coefficient (Wildman–Crippen LogP) is 0.904. The predicted molar refractivity (Wildman–Crippen MR) is 85.4 cm³/mol. The molecular formula is C15H26N2O5S. The number of carboxylic acid groups (broad SMARTS) is 1. The summed E-state index contributed by atoms with van der Waals surface area (Å²) in [6, 6.07) is 0.00702. The molecule has 7 nitrogen and oxygen atoms in total. The second-order valence-electron chi connectivity index (χ2n) is 6.48. The van der Waals surface area contributed by atoms with Crippen LogP contribution in [0, 0.1) is 5.92 Å². The van der Waals surface area contributed by atoms with Gasteiger partial charge in [0.15, 0.2) is 0 Å². The zero-order chi connectivity index (χ0) is 17.0. The van der Waals surface area contributed by atoms with Crippen LogP contribution in [0.1, 0.15) is 45.4 Å². The van der Waals surface area contributed by atoms with E-state index >= 15 is 0 Å². The summed E-state index contributed by atoms with van der Waals surface area (Å²) in [5, 5.41) is 8.98. The fourth-order valence-electron chi connectivity index (χ4n) is 3.51. The minimum absolute atomic E-state index is 0.00702. The van der Waals surface area contributed by atoms with E-state index in [1.54, 1.807) is 4.90 Å². The molecule has 0 radical (unpaired) electrons. The van der Waals surface area contributed by atoms with Crippen LogP contribution < -0.4 is 0 Å². The Morgan fingerprint density at radius 3 is 2.30 bits per heavy atom. The first-order valence-corrected chi connectivity index (χ1v) is 9.90. The Morgan fingerprint density at radius 2 is 1.74 bits per heavy atom. The van der Waals surface area contributed by atoms with Crippen LogP contribution >= 0.6 is 0 Å². The van der Waals surface area contributed by atoms with Gasteiger partial charge in [-0.2, -0.15) is 0 Å². The average Bonchev–Trinajstić information content (AvgIpc) is 2.53. The van der Waals surface area contributed by atoms with E-state index in [2.05, 4.69) is 0 Å². The van der Waals surface area contributed by atoms with E-state index < -0.39 is 21.9 Å². The van der Waals surface area contributed by atoms with E-state index in [9.17, 15) is 18.0 Å². The molecule has 2 fully saturated rings. The number of piperidine rings is 2. The molecule has 0 aliphatic carbocycles. The van der Waals surface area contributed by atoms with E-state index in [0.29, 0.717) is 25.8 Å². The van der Waals surface area contributed by atoms with Crippen LogP contribution in [0.4, 0.5) is 0 Å². The Balaban J connectivity index is 1.89. The molecule has 2 aliphatic rings. The Hall–Kier alpha value is -1.15. The van der Waals surface area contributed by atoms with Crippen LogP contribution in [0.2, 0.25) is 0 Å². The highest BCUT2D eigenvalue weighted by Gasteiger charge is 2.32. The standard InChI is InChI=1S/C15H26N2O5S/c1-12(18)17-8-3-2-4-14(17)7-11-23(21,22)16-9-5-13(6-10-16)15(19)20/h13-14H,2-11H2,1H3,(H,19,20). The van der Waals surface area contributed by atoms with E-state index in [4.69, 9.17) is 5.11 Å². The number of carbonyl (C=O) groups excluding carboxylic acids is 1. The van der Waals surface area contributed by atoms with Gasteiger partial charge in [-0.15, -0.1) is 0 Å². The molecule has 0 spiro atoms. The number of hydrogen-bond donors (Lipinski definition) is 1. The van der Waals surface area contributed by atoms with Gasteiger partial charge in [-0.05, 0) is 38.5 Å². The third-order valence-corrected chi connectivity index (χ3v) is 6.84. The molecule has 1 amide bonds. The first-order chi connectivity index (χ1) is 10.8. The van der Waals surface area contributed by atoms with Crippen molar-refractivity contribution in [1.29, 1.82) is 0 Å². The average molecular weight is 346 g/mol. The minimum Gasteiger partial charge on any atom is -0.481 e. The number of aliphatic carboxylic acids is 1. The molecule has 132 valence electrons. The van der Waals surface area contributed by atoms with Crippen molar-refractivity contribution in [2.24, 2.45) is 5.92 Å². The van der Waals surface area contributed by atoms with Crippen molar-refractivity contribution in [2.75, 3.05) is 25.4 Å². The quantitative estimate of drug-likeness (QED) is 0.798. The van der Waals surface area contributed by atoms with E-state index in [1.807, 2.05) is 0 Å². The zero-order valence-corrected chi connectivity index (χ0v) is 14.4. The van der Waals surface area contributed by atoms with E-state index in [0.717, 1.165) is 19.3 Å². The van der Waals surface area contributed by atoms with Crippen molar-refractivity contribution in [3.63, 3.8) is 0 Å². The van der Waals surface area contributed by atoms with E-state index in [1.165, 1.54) is 11.2 Å². The lowest BCUT2D eigenvalue weighted by atomic mass is 9.99. The van der Waals surface area contributed by atoms with Gasteiger partial charge < -0.3 is 10.0 Å². The molecular weight excluding hydrogens is 320 g/mol. The van der Waals surface area contributed by atoms with Crippen LogP contribution in [0.3, 0.4) is 0 Å². The Kier molecular flexibility index (Phi) is 6.02. The fourth-order valence-corrected chi connectivity index (χ4v) is 5.11. The topological polar surface area (TPSA) is 95.0 Å². The number of amides is 1. The second-order valence-corrected chi connectivity index (χ2v) is 8.57. The van der Waals surface area contributed by atoms with E-state index in [-0.39, 0.29) is 30.8 Å². The lowest BCUT2D eigenvalue weighted by Gasteiger charge is -2.36. The van der Waals surface area contributed by atoms with Gasteiger partial charge in [0.2, 0.25) is 15.9 Å². The van der Waals surface area contributed by atoms with Crippen molar-refractivity contribution >= 4 is 21.9 Å². The van der Waals surface area contributed by atoms with Gasteiger partial charge in [0.1, 0.15) is 0 Å². The Bertz CT molecular complexity index is 540. The molecule has 1 N–H and O–H groups in total. The van der Waals surface area contributed by atoms with Crippen LogP contribution in [-0.2, 0) is 19.6 Å². The summed E-state index contributed by atoms with van der Waals surface area (Å²) in [5.41, 5.74) is 0. The number of sulfonamides is 1. The van der Waals surface area contributed by atoms with Gasteiger partial charge in [0, 0.05) is 32.6 Å². The van der Waals surface area contributed by atoms with Crippen LogP contribution in [-0.4, -0.2) is 66.0 Å². The summed E-state index contributed by atoms with van der Waals surface area (Å²) in [6.45, 7) is 2.80. The van der Waals surface area contributed by atoms with Crippen molar-refractivity contribution in [1.82, 2.24) is 9.21 Å². The molecule has 2 saturated heterocycles. The SMILES string of the molecule is CC(=O)N1CCCCC1CCS(=O)(=O)N1CCC(C(=O)O)CC1. The fraction of sp³-hybridized carbons (Fsp3) is 0.867. The maximum atomic E-state index is 12.5. The smallest absolute Gasteiger partial charge is 0.306 e. The largest absolute Gasteiger partial charge is 0.481 e. The highest BCUT2D eigenvalue weighted by Crippen LogP contribution is 2.23. The molecule has 1 atom stereocenters. The maximum Gasteiger partial charge on any atom is 0.306 e. The van der Waals surface area contributed by atoms with Gasteiger partial charge in [0.25, 0.3) is 0 Å². The molecule has 8 heteroatoms. The van der Waals surface area contributed by atoms with Crippen LogP contribution in [0.5, 0.6) is 0 Å². The molecule has 0 aromatic carbocycles. The number of carbonyl (C=O) groups is 2. The summed E-state index contributed by atoms with van der Waals surface area (Å²) >= 11 is 0.